The summed E-state index contributed by atoms with van der Waals surface area (Å²) in [5.74, 6) is 1.59. The number of benzene rings is 1. The van der Waals surface area contributed by atoms with Gasteiger partial charge < -0.3 is 14.8 Å². The zero-order chi connectivity index (χ0) is 14.7. The molecular weight excluding hydrogens is 286 g/mol. The minimum Gasteiger partial charge on any atom is -0.486 e. The van der Waals surface area contributed by atoms with Crippen LogP contribution in [0.25, 0.3) is 0 Å². The Morgan fingerprint density at radius 1 is 1.29 bits per heavy atom. The first-order valence-corrected chi connectivity index (χ1v) is 7.83. The van der Waals surface area contributed by atoms with Crippen molar-refractivity contribution in [2.45, 2.75) is 13.3 Å². The quantitative estimate of drug-likeness (QED) is 0.945. The molecule has 0 saturated carbocycles. The molecule has 0 atom stereocenters. The van der Waals surface area contributed by atoms with E-state index in [2.05, 4.69) is 12.2 Å². The molecule has 3 rings (SSSR count). The van der Waals surface area contributed by atoms with Crippen LogP contribution in [-0.4, -0.2) is 25.7 Å². The lowest BCUT2D eigenvalue weighted by Crippen LogP contribution is -2.25. The van der Waals surface area contributed by atoms with Gasteiger partial charge in [0.05, 0.1) is 4.88 Å². The number of nitrogens with one attached hydrogen (secondary N) is 1. The van der Waals surface area contributed by atoms with Gasteiger partial charge in [-0.3, -0.25) is 4.79 Å². The van der Waals surface area contributed by atoms with Crippen molar-refractivity contribution in [1.29, 1.82) is 0 Å². The second-order valence-corrected chi connectivity index (χ2v) is 5.85. The van der Waals surface area contributed by atoms with E-state index in [4.69, 9.17) is 9.47 Å². The Bertz CT molecular complexity index is 637. The molecule has 1 N–H and O–H groups in total. The average Bonchev–Trinajstić information content (AvgIpc) is 3.02. The Hall–Kier alpha value is -2.01. The van der Waals surface area contributed by atoms with E-state index in [9.17, 15) is 4.79 Å². The monoisotopic (exact) mass is 303 g/mol. The van der Waals surface area contributed by atoms with Crippen LogP contribution in [0.5, 0.6) is 11.5 Å². The summed E-state index contributed by atoms with van der Waals surface area (Å²) in [6.45, 7) is 3.85. The van der Waals surface area contributed by atoms with Crippen LogP contribution in [0.3, 0.4) is 0 Å². The normalized spacial score (nSPS) is 13.0. The highest BCUT2D eigenvalue weighted by Crippen LogP contribution is 2.33. The summed E-state index contributed by atoms with van der Waals surface area (Å²) in [7, 11) is 0. The highest BCUT2D eigenvalue weighted by Gasteiger charge is 2.14. The van der Waals surface area contributed by atoms with Gasteiger partial charge in [0.15, 0.2) is 11.5 Å². The maximum absolute atomic E-state index is 11.9. The molecule has 2 heterocycles. The molecule has 0 aliphatic carbocycles. The predicted octanol–water partition coefficient (Wildman–Crippen LogP) is 2.80. The smallest absolute Gasteiger partial charge is 0.261 e. The minimum absolute atomic E-state index is 0.0137. The van der Waals surface area contributed by atoms with Gasteiger partial charge in [0.25, 0.3) is 5.91 Å². The Morgan fingerprint density at radius 3 is 2.76 bits per heavy atom. The van der Waals surface area contributed by atoms with E-state index >= 15 is 0 Å². The number of thiophene rings is 1. The van der Waals surface area contributed by atoms with E-state index in [0.29, 0.717) is 19.8 Å². The summed E-state index contributed by atoms with van der Waals surface area (Å²) in [6, 6.07) is 7.73. The molecule has 0 spiro atoms. The highest BCUT2D eigenvalue weighted by molar-refractivity contribution is 7.12. The van der Waals surface area contributed by atoms with Crippen molar-refractivity contribution >= 4 is 17.2 Å². The molecule has 2 aromatic rings. The molecule has 0 unspecified atom stereocenters. The number of amides is 1. The first kappa shape index (κ1) is 13.9. The number of carbonyl (C=O) groups is 1. The van der Waals surface area contributed by atoms with E-state index in [1.807, 2.05) is 29.6 Å². The maximum Gasteiger partial charge on any atom is 0.261 e. The van der Waals surface area contributed by atoms with Crippen LogP contribution in [0.4, 0.5) is 0 Å². The number of hydrogen-bond acceptors (Lipinski definition) is 4. The van der Waals surface area contributed by atoms with Crippen LogP contribution in [0.1, 0.15) is 20.8 Å². The summed E-state index contributed by atoms with van der Waals surface area (Å²) in [4.78, 5) is 12.6. The van der Waals surface area contributed by atoms with Crippen molar-refractivity contribution < 1.29 is 14.3 Å². The van der Waals surface area contributed by atoms with Crippen molar-refractivity contribution in [3.63, 3.8) is 0 Å². The number of ether oxygens (including phenoxy) is 2. The molecule has 1 aromatic carbocycles. The van der Waals surface area contributed by atoms with Gasteiger partial charge in [-0.25, -0.2) is 0 Å². The lowest BCUT2D eigenvalue weighted by Gasteiger charge is -2.20. The van der Waals surface area contributed by atoms with Gasteiger partial charge in [-0.1, -0.05) is 6.07 Å². The molecule has 0 fully saturated rings. The van der Waals surface area contributed by atoms with Crippen molar-refractivity contribution in [3.05, 3.63) is 45.6 Å². The number of carbonyl (C=O) groups excluding carboxylic acids is 1. The van der Waals surface area contributed by atoms with Crippen LogP contribution >= 0.6 is 11.3 Å². The van der Waals surface area contributed by atoms with Crippen molar-refractivity contribution in [3.8, 4) is 11.5 Å². The van der Waals surface area contributed by atoms with Crippen LogP contribution in [0, 0.1) is 6.92 Å². The molecular formula is C16H17NO3S. The van der Waals surface area contributed by atoms with Crippen LogP contribution in [-0.2, 0) is 6.42 Å². The first-order valence-electron chi connectivity index (χ1n) is 6.95. The van der Waals surface area contributed by atoms with Gasteiger partial charge in [0.1, 0.15) is 13.2 Å². The SMILES string of the molecule is Cc1cc2c(cc1CCNC(=O)c1cccs1)OCCO2. The first-order chi connectivity index (χ1) is 10.2. The Morgan fingerprint density at radius 2 is 2.05 bits per heavy atom. The standard InChI is InChI=1S/C16H17NO3S/c1-11-9-13-14(20-7-6-19-13)10-12(11)4-5-17-16(18)15-3-2-8-21-15/h2-3,8-10H,4-7H2,1H3,(H,17,18). The Balaban J connectivity index is 1.61. The Kier molecular flexibility index (Phi) is 4.10. The van der Waals surface area contributed by atoms with Crippen LogP contribution in [0.15, 0.2) is 29.6 Å². The number of hydrogen-bond donors (Lipinski definition) is 1. The zero-order valence-corrected chi connectivity index (χ0v) is 12.7. The molecule has 4 nitrogen and oxygen atoms in total. The summed E-state index contributed by atoms with van der Waals surface area (Å²) in [5, 5.41) is 4.84. The summed E-state index contributed by atoms with van der Waals surface area (Å²) in [6.07, 6.45) is 0.777. The lowest BCUT2D eigenvalue weighted by molar-refractivity contribution is 0.0958. The summed E-state index contributed by atoms with van der Waals surface area (Å²) >= 11 is 1.45. The number of fused-ring (bicyclic) bond motifs is 1. The van der Waals surface area contributed by atoms with E-state index in [1.54, 1.807) is 0 Å². The predicted molar refractivity (Wildman–Crippen MR) is 82.5 cm³/mol. The molecule has 1 aliphatic heterocycles. The van der Waals surface area contributed by atoms with Gasteiger partial charge >= 0.3 is 0 Å². The lowest BCUT2D eigenvalue weighted by atomic mass is 10.0. The van der Waals surface area contributed by atoms with Crippen LogP contribution in [0.2, 0.25) is 0 Å². The fourth-order valence-electron chi connectivity index (χ4n) is 2.31. The van der Waals surface area contributed by atoms with E-state index in [0.717, 1.165) is 28.4 Å². The van der Waals surface area contributed by atoms with Crippen molar-refractivity contribution in [2.75, 3.05) is 19.8 Å². The number of aryl methyl sites for hydroxylation is 1. The Labute approximate surface area is 127 Å². The van der Waals surface area contributed by atoms with Crippen LogP contribution < -0.4 is 14.8 Å². The largest absolute Gasteiger partial charge is 0.486 e. The summed E-state index contributed by atoms with van der Waals surface area (Å²) in [5.41, 5.74) is 2.33. The minimum atomic E-state index is -0.0137. The third-order valence-corrected chi connectivity index (χ3v) is 4.29. The molecule has 0 bridgehead atoms. The molecule has 5 heteroatoms. The van der Waals surface area contributed by atoms with Gasteiger partial charge in [-0.05, 0) is 48.1 Å². The second kappa shape index (κ2) is 6.18. The molecule has 0 radical (unpaired) electrons. The van der Waals surface area contributed by atoms with E-state index in [1.165, 1.54) is 16.9 Å². The fraction of sp³-hybridized carbons (Fsp3) is 0.312. The molecule has 110 valence electrons. The molecule has 1 aromatic heterocycles. The zero-order valence-electron chi connectivity index (χ0n) is 11.8. The van der Waals surface area contributed by atoms with Crippen molar-refractivity contribution in [2.24, 2.45) is 0 Å². The van der Waals surface area contributed by atoms with Gasteiger partial charge in [-0.15, -0.1) is 11.3 Å². The van der Waals surface area contributed by atoms with Crippen molar-refractivity contribution in [1.82, 2.24) is 5.32 Å². The molecule has 0 saturated heterocycles. The van der Waals surface area contributed by atoms with E-state index < -0.39 is 0 Å². The van der Waals surface area contributed by atoms with E-state index in [-0.39, 0.29) is 5.91 Å². The fourth-order valence-corrected chi connectivity index (χ4v) is 2.95. The molecule has 21 heavy (non-hydrogen) atoms. The highest BCUT2D eigenvalue weighted by atomic mass is 32.1. The molecule has 1 amide bonds. The second-order valence-electron chi connectivity index (χ2n) is 4.91. The summed E-state index contributed by atoms with van der Waals surface area (Å²) < 4.78 is 11.2. The third-order valence-electron chi connectivity index (χ3n) is 3.43. The van der Waals surface area contributed by atoms with Gasteiger partial charge in [0.2, 0.25) is 0 Å². The molecule has 1 aliphatic rings. The topological polar surface area (TPSA) is 47.6 Å². The van der Waals surface area contributed by atoms with Gasteiger partial charge in [-0.2, -0.15) is 0 Å². The van der Waals surface area contributed by atoms with Gasteiger partial charge in [0, 0.05) is 6.54 Å². The number of rotatable bonds is 4. The maximum atomic E-state index is 11.9. The average molecular weight is 303 g/mol. The third kappa shape index (κ3) is 3.19.